The summed E-state index contributed by atoms with van der Waals surface area (Å²) in [6, 6.07) is 9.79. The Morgan fingerprint density at radius 3 is 2.84 bits per heavy atom. The van der Waals surface area contributed by atoms with Gasteiger partial charge in [0.25, 0.3) is 0 Å². The highest BCUT2D eigenvalue weighted by molar-refractivity contribution is 9.10. The molecule has 0 radical (unpaired) electrons. The minimum Gasteiger partial charge on any atom is -0.220 e. The van der Waals surface area contributed by atoms with Gasteiger partial charge in [-0.15, -0.1) is 5.10 Å². The molecular weight excluding hydrogens is 311 g/mol. The molecule has 2 aromatic heterocycles. The monoisotopic (exact) mass is 316 g/mol. The van der Waals surface area contributed by atoms with Crippen molar-refractivity contribution in [1.82, 2.24) is 14.6 Å². The number of hydrogen-bond acceptors (Lipinski definition) is 3. The first-order valence-electron chi connectivity index (χ1n) is 5.39. The molecule has 0 spiro atoms. The first kappa shape index (κ1) is 11.8. The third-order valence-corrected chi connectivity index (χ3v) is 3.05. The molecule has 2 heterocycles. The van der Waals surface area contributed by atoms with Crippen LogP contribution in [0.3, 0.4) is 0 Å². The van der Waals surface area contributed by atoms with Crippen molar-refractivity contribution in [3.63, 3.8) is 0 Å². The van der Waals surface area contributed by atoms with E-state index in [2.05, 4.69) is 26.0 Å². The van der Waals surface area contributed by atoms with Crippen LogP contribution in [0.1, 0.15) is 5.56 Å². The summed E-state index contributed by atoms with van der Waals surface area (Å²) in [7, 11) is 0. The number of rotatable bonds is 1. The minimum absolute atomic E-state index is 0.360. The molecule has 1 aromatic carbocycles. The molecule has 19 heavy (non-hydrogen) atoms. The van der Waals surface area contributed by atoms with Gasteiger partial charge in [-0.25, -0.2) is 13.9 Å². The lowest BCUT2D eigenvalue weighted by molar-refractivity contribution is 0.627. The molecule has 92 valence electrons. The summed E-state index contributed by atoms with van der Waals surface area (Å²) >= 11 is 3.23. The van der Waals surface area contributed by atoms with Crippen LogP contribution in [0.15, 0.2) is 41.0 Å². The van der Waals surface area contributed by atoms with Crippen molar-refractivity contribution in [3.8, 4) is 17.5 Å². The quantitative estimate of drug-likeness (QED) is 0.693. The summed E-state index contributed by atoms with van der Waals surface area (Å²) < 4.78 is 15.5. The highest BCUT2D eigenvalue weighted by Crippen LogP contribution is 2.22. The highest BCUT2D eigenvalue weighted by atomic mass is 79.9. The zero-order valence-corrected chi connectivity index (χ0v) is 11.1. The fourth-order valence-corrected chi connectivity index (χ4v) is 2.22. The Bertz CT molecular complexity index is 799. The topological polar surface area (TPSA) is 54.0 Å². The van der Waals surface area contributed by atoms with Crippen LogP contribution in [-0.2, 0) is 0 Å². The molecule has 0 saturated heterocycles. The number of nitriles is 1. The van der Waals surface area contributed by atoms with Gasteiger partial charge in [0.05, 0.1) is 11.6 Å². The Hall–Kier alpha value is -2.26. The van der Waals surface area contributed by atoms with Gasteiger partial charge < -0.3 is 0 Å². The van der Waals surface area contributed by atoms with E-state index in [1.54, 1.807) is 28.9 Å². The molecule has 0 aliphatic carbocycles. The van der Waals surface area contributed by atoms with Crippen LogP contribution in [0.5, 0.6) is 0 Å². The van der Waals surface area contributed by atoms with Gasteiger partial charge in [0.15, 0.2) is 11.5 Å². The van der Waals surface area contributed by atoms with E-state index < -0.39 is 0 Å². The first-order valence-corrected chi connectivity index (χ1v) is 6.18. The van der Waals surface area contributed by atoms with Gasteiger partial charge >= 0.3 is 0 Å². The molecule has 6 heteroatoms. The lowest BCUT2D eigenvalue weighted by atomic mass is 10.2. The smallest absolute Gasteiger partial charge is 0.182 e. The van der Waals surface area contributed by atoms with Crippen molar-refractivity contribution < 1.29 is 4.39 Å². The largest absolute Gasteiger partial charge is 0.220 e. The zero-order valence-electron chi connectivity index (χ0n) is 9.51. The maximum Gasteiger partial charge on any atom is 0.182 e. The Balaban J connectivity index is 2.18. The second-order valence-corrected chi connectivity index (χ2v) is 4.84. The lowest BCUT2D eigenvalue weighted by Crippen LogP contribution is -1.87. The minimum atomic E-state index is -0.360. The van der Waals surface area contributed by atoms with Crippen LogP contribution in [0.2, 0.25) is 0 Å². The van der Waals surface area contributed by atoms with Crippen molar-refractivity contribution in [2.75, 3.05) is 0 Å². The van der Waals surface area contributed by atoms with E-state index in [0.29, 0.717) is 27.1 Å². The average Bonchev–Trinajstić information content (AvgIpc) is 2.80. The second-order valence-electron chi connectivity index (χ2n) is 3.92. The van der Waals surface area contributed by atoms with Gasteiger partial charge in [-0.1, -0.05) is 15.9 Å². The fraction of sp³-hybridized carbons (Fsp3) is 0. The van der Waals surface area contributed by atoms with Gasteiger partial charge in [0.2, 0.25) is 0 Å². The predicted octanol–water partition coefficient (Wildman–Crippen LogP) is 3.17. The molecule has 0 aliphatic rings. The molecule has 3 rings (SSSR count). The normalized spacial score (nSPS) is 10.6. The van der Waals surface area contributed by atoms with Crippen molar-refractivity contribution in [2.45, 2.75) is 0 Å². The van der Waals surface area contributed by atoms with Crippen molar-refractivity contribution >= 4 is 21.6 Å². The van der Waals surface area contributed by atoms with Crippen LogP contribution in [0, 0.1) is 17.1 Å². The van der Waals surface area contributed by atoms with E-state index in [0.717, 1.165) is 0 Å². The third kappa shape index (κ3) is 2.20. The van der Waals surface area contributed by atoms with Crippen molar-refractivity contribution in [3.05, 3.63) is 52.4 Å². The molecular formula is C13H6BrFN4. The molecule has 0 unspecified atom stereocenters. The number of fused-ring (bicyclic) bond motifs is 1. The van der Waals surface area contributed by atoms with Gasteiger partial charge in [0.1, 0.15) is 5.82 Å². The number of halogens is 2. The number of pyridine rings is 1. The number of hydrogen-bond donors (Lipinski definition) is 0. The Labute approximate surface area is 116 Å². The highest BCUT2D eigenvalue weighted by Gasteiger charge is 2.09. The maximum atomic E-state index is 13.4. The summed E-state index contributed by atoms with van der Waals surface area (Å²) in [6.07, 6.45) is 1.65. The van der Waals surface area contributed by atoms with Gasteiger partial charge in [-0.2, -0.15) is 5.26 Å². The molecule has 0 atom stereocenters. The van der Waals surface area contributed by atoms with E-state index in [9.17, 15) is 4.39 Å². The second kappa shape index (κ2) is 4.44. The Kier molecular flexibility index (Phi) is 2.76. The number of benzene rings is 1. The molecule has 3 aromatic rings. The SMILES string of the molecule is N#Cc1ccn2nc(-c3cc(F)cc(Br)c3)nc2c1. The molecule has 0 N–H and O–H groups in total. The average molecular weight is 317 g/mol. The zero-order chi connectivity index (χ0) is 13.4. The van der Waals surface area contributed by atoms with Crippen LogP contribution in [-0.4, -0.2) is 14.6 Å². The summed E-state index contributed by atoms with van der Waals surface area (Å²) in [5, 5.41) is 13.1. The Morgan fingerprint density at radius 1 is 1.26 bits per heavy atom. The van der Waals surface area contributed by atoms with Gasteiger partial charge in [0, 0.05) is 22.3 Å². The van der Waals surface area contributed by atoms with Crippen LogP contribution in [0.25, 0.3) is 17.0 Å². The third-order valence-electron chi connectivity index (χ3n) is 2.59. The van der Waals surface area contributed by atoms with Crippen molar-refractivity contribution in [2.24, 2.45) is 0 Å². The first-order chi connectivity index (χ1) is 9.15. The molecule has 0 saturated carbocycles. The standard InChI is InChI=1S/C13H6BrFN4/c14-10-4-9(5-11(15)6-10)13-17-12-3-8(7-16)1-2-19(12)18-13/h1-6H. The molecule has 0 bridgehead atoms. The molecule has 0 fully saturated rings. The summed E-state index contributed by atoms with van der Waals surface area (Å²) in [6.45, 7) is 0. The van der Waals surface area contributed by atoms with E-state index in [-0.39, 0.29) is 5.82 Å². The molecule has 0 amide bonds. The summed E-state index contributed by atoms with van der Waals surface area (Å²) in [4.78, 5) is 4.29. The van der Waals surface area contributed by atoms with E-state index in [4.69, 9.17) is 5.26 Å². The van der Waals surface area contributed by atoms with E-state index in [1.807, 2.05) is 6.07 Å². The molecule has 0 aliphatic heterocycles. The van der Waals surface area contributed by atoms with Crippen molar-refractivity contribution in [1.29, 1.82) is 5.26 Å². The van der Waals surface area contributed by atoms with Crippen LogP contribution in [0.4, 0.5) is 4.39 Å². The maximum absolute atomic E-state index is 13.4. The predicted molar refractivity (Wildman–Crippen MR) is 70.8 cm³/mol. The number of nitrogens with zero attached hydrogens (tertiary/aromatic N) is 4. The summed E-state index contributed by atoms with van der Waals surface area (Å²) in [5.41, 5.74) is 1.63. The van der Waals surface area contributed by atoms with Gasteiger partial charge in [-0.3, -0.25) is 0 Å². The number of aromatic nitrogens is 3. The Morgan fingerprint density at radius 2 is 2.11 bits per heavy atom. The summed E-state index contributed by atoms with van der Waals surface area (Å²) in [5.74, 6) is 0.0521. The van der Waals surface area contributed by atoms with Gasteiger partial charge in [-0.05, 0) is 24.3 Å². The van der Waals surface area contributed by atoms with E-state index in [1.165, 1.54) is 12.1 Å². The fourth-order valence-electron chi connectivity index (χ4n) is 1.76. The van der Waals surface area contributed by atoms with Crippen LogP contribution >= 0.6 is 15.9 Å². The van der Waals surface area contributed by atoms with Crippen LogP contribution < -0.4 is 0 Å². The van der Waals surface area contributed by atoms with E-state index >= 15 is 0 Å². The lowest BCUT2D eigenvalue weighted by Gasteiger charge is -1.96. The molecule has 4 nitrogen and oxygen atoms in total.